The van der Waals surface area contributed by atoms with Gasteiger partial charge in [-0.1, -0.05) is 31.2 Å². The number of hydrogen-bond donors (Lipinski definition) is 0. The fourth-order valence-corrected chi connectivity index (χ4v) is 2.26. The van der Waals surface area contributed by atoms with Crippen molar-refractivity contribution in [3.05, 3.63) is 35.4 Å². The Balaban J connectivity index is 1.96. The summed E-state index contributed by atoms with van der Waals surface area (Å²) in [5.74, 6) is 0.839. The molecule has 15 heavy (non-hydrogen) atoms. The molecule has 2 rings (SSSR count). The zero-order chi connectivity index (χ0) is 10.5. The highest BCUT2D eigenvalue weighted by Gasteiger charge is 2.13. The van der Waals surface area contributed by atoms with E-state index < -0.39 is 0 Å². The Morgan fingerprint density at radius 1 is 1.20 bits per heavy atom. The standard InChI is InChI=1S/C14H20O/c1-2-12-4-3-5-14(10-12)11-13-6-8-15-9-7-13/h3-5,10,13H,2,6-9,11H2,1H3. The van der Waals surface area contributed by atoms with Crippen LogP contribution in [0.2, 0.25) is 0 Å². The van der Waals surface area contributed by atoms with Gasteiger partial charge in [-0.3, -0.25) is 0 Å². The van der Waals surface area contributed by atoms with Gasteiger partial charge in [-0.25, -0.2) is 0 Å². The van der Waals surface area contributed by atoms with Crippen molar-refractivity contribution in [2.24, 2.45) is 5.92 Å². The molecular formula is C14H20O. The third-order valence-electron chi connectivity index (χ3n) is 3.26. The summed E-state index contributed by atoms with van der Waals surface area (Å²) in [5.41, 5.74) is 2.96. The first-order valence-corrected chi connectivity index (χ1v) is 6.04. The van der Waals surface area contributed by atoms with E-state index in [-0.39, 0.29) is 0 Å². The smallest absolute Gasteiger partial charge is 0.0468 e. The Bertz CT molecular complexity index is 300. The van der Waals surface area contributed by atoms with Crippen molar-refractivity contribution < 1.29 is 4.74 Å². The molecule has 0 spiro atoms. The van der Waals surface area contributed by atoms with E-state index in [4.69, 9.17) is 4.74 Å². The molecule has 1 aliphatic heterocycles. The van der Waals surface area contributed by atoms with Crippen molar-refractivity contribution >= 4 is 0 Å². The summed E-state index contributed by atoms with van der Waals surface area (Å²) in [4.78, 5) is 0. The summed E-state index contributed by atoms with van der Waals surface area (Å²) in [6, 6.07) is 9.02. The normalized spacial score (nSPS) is 17.9. The Morgan fingerprint density at radius 2 is 1.93 bits per heavy atom. The minimum absolute atomic E-state index is 0.839. The van der Waals surface area contributed by atoms with E-state index >= 15 is 0 Å². The molecule has 1 fully saturated rings. The molecular weight excluding hydrogens is 184 g/mol. The number of ether oxygens (including phenoxy) is 1. The van der Waals surface area contributed by atoms with Gasteiger partial charge in [-0.15, -0.1) is 0 Å². The zero-order valence-corrected chi connectivity index (χ0v) is 9.54. The van der Waals surface area contributed by atoms with E-state index in [1.165, 1.54) is 30.4 Å². The van der Waals surface area contributed by atoms with Gasteiger partial charge >= 0.3 is 0 Å². The molecule has 0 atom stereocenters. The van der Waals surface area contributed by atoms with Crippen LogP contribution in [0.15, 0.2) is 24.3 Å². The van der Waals surface area contributed by atoms with Crippen molar-refractivity contribution in [3.8, 4) is 0 Å². The maximum Gasteiger partial charge on any atom is 0.0468 e. The van der Waals surface area contributed by atoms with Crippen molar-refractivity contribution in [2.45, 2.75) is 32.6 Å². The topological polar surface area (TPSA) is 9.23 Å². The van der Waals surface area contributed by atoms with Crippen LogP contribution in [-0.4, -0.2) is 13.2 Å². The lowest BCUT2D eigenvalue weighted by Gasteiger charge is -2.22. The number of hydrogen-bond acceptors (Lipinski definition) is 1. The minimum Gasteiger partial charge on any atom is -0.381 e. The largest absolute Gasteiger partial charge is 0.381 e. The molecule has 1 aliphatic rings. The summed E-state index contributed by atoms with van der Waals surface area (Å²) >= 11 is 0. The van der Waals surface area contributed by atoms with Gasteiger partial charge in [0.25, 0.3) is 0 Å². The van der Waals surface area contributed by atoms with Gasteiger partial charge in [0.2, 0.25) is 0 Å². The molecule has 82 valence electrons. The van der Waals surface area contributed by atoms with Crippen LogP contribution in [0.25, 0.3) is 0 Å². The van der Waals surface area contributed by atoms with Crippen molar-refractivity contribution in [1.82, 2.24) is 0 Å². The van der Waals surface area contributed by atoms with E-state index in [1.54, 1.807) is 0 Å². The first-order valence-electron chi connectivity index (χ1n) is 6.04. The third kappa shape index (κ3) is 3.07. The second kappa shape index (κ2) is 5.32. The molecule has 1 heteroatoms. The third-order valence-corrected chi connectivity index (χ3v) is 3.26. The predicted molar refractivity (Wildman–Crippen MR) is 63.1 cm³/mol. The van der Waals surface area contributed by atoms with Crippen LogP contribution in [-0.2, 0) is 17.6 Å². The van der Waals surface area contributed by atoms with Gasteiger partial charge in [0.15, 0.2) is 0 Å². The first kappa shape index (κ1) is 10.7. The van der Waals surface area contributed by atoms with Crippen molar-refractivity contribution in [1.29, 1.82) is 0 Å². The van der Waals surface area contributed by atoms with E-state index in [2.05, 4.69) is 31.2 Å². The second-order valence-corrected chi connectivity index (χ2v) is 4.43. The van der Waals surface area contributed by atoms with Gasteiger partial charge in [-0.05, 0) is 42.7 Å². The average Bonchev–Trinajstić information content (AvgIpc) is 2.31. The van der Waals surface area contributed by atoms with Crippen molar-refractivity contribution in [2.75, 3.05) is 13.2 Å². The number of rotatable bonds is 3. The summed E-state index contributed by atoms with van der Waals surface area (Å²) in [7, 11) is 0. The summed E-state index contributed by atoms with van der Waals surface area (Å²) in [5, 5.41) is 0. The molecule has 0 aliphatic carbocycles. The monoisotopic (exact) mass is 204 g/mol. The van der Waals surface area contributed by atoms with Crippen LogP contribution in [0.4, 0.5) is 0 Å². The summed E-state index contributed by atoms with van der Waals surface area (Å²) < 4.78 is 5.38. The van der Waals surface area contributed by atoms with Crippen LogP contribution in [0.3, 0.4) is 0 Å². The lowest BCUT2D eigenvalue weighted by atomic mass is 9.91. The van der Waals surface area contributed by atoms with Gasteiger partial charge in [-0.2, -0.15) is 0 Å². The SMILES string of the molecule is CCc1cccc(CC2CCOCC2)c1. The Morgan fingerprint density at radius 3 is 2.67 bits per heavy atom. The highest BCUT2D eigenvalue weighted by atomic mass is 16.5. The van der Waals surface area contributed by atoms with Gasteiger partial charge in [0.1, 0.15) is 0 Å². The van der Waals surface area contributed by atoms with Crippen LogP contribution in [0, 0.1) is 5.92 Å². The van der Waals surface area contributed by atoms with Crippen molar-refractivity contribution in [3.63, 3.8) is 0 Å². The predicted octanol–water partition coefficient (Wildman–Crippen LogP) is 3.22. The van der Waals surface area contributed by atoms with Crippen LogP contribution < -0.4 is 0 Å². The molecule has 1 heterocycles. The van der Waals surface area contributed by atoms with Crippen LogP contribution in [0.1, 0.15) is 30.9 Å². The molecule has 0 N–H and O–H groups in total. The highest BCUT2D eigenvalue weighted by molar-refractivity contribution is 5.23. The highest BCUT2D eigenvalue weighted by Crippen LogP contribution is 2.20. The molecule has 1 aromatic rings. The lowest BCUT2D eigenvalue weighted by molar-refractivity contribution is 0.0665. The lowest BCUT2D eigenvalue weighted by Crippen LogP contribution is -2.17. The van der Waals surface area contributed by atoms with Crippen LogP contribution in [0.5, 0.6) is 0 Å². The summed E-state index contributed by atoms with van der Waals surface area (Å²) in [6.07, 6.45) is 4.84. The Labute approximate surface area is 92.5 Å². The minimum atomic E-state index is 0.839. The fourth-order valence-electron chi connectivity index (χ4n) is 2.26. The number of aryl methyl sites for hydroxylation is 1. The average molecular weight is 204 g/mol. The molecule has 1 aromatic carbocycles. The van der Waals surface area contributed by atoms with Gasteiger partial charge < -0.3 is 4.74 Å². The first-order chi connectivity index (χ1) is 7.38. The molecule has 0 aromatic heterocycles. The molecule has 0 amide bonds. The zero-order valence-electron chi connectivity index (χ0n) is 9.54. The quantitative estimate of drug-likeness (QED) is 0.734. The van der Waals surface area contributed by atoms with E-state index in [0.717, 1.165) is 25.6 Å². The van der Waals surface area contributed by atoms with Gasteiger partial charge in [0, 0.05) is 13.2 Å². The van der Waals surface area contributed by atoms with E-state index in [1.807, 2.05) is 0 Å². The molecule has 0 bridgehead atoms. The van der Waals surface area contributed by atoms with Crippen LogP contribution >= 0.6 is 0 Å². The molecule has 0 unspecified atom stereocenters. The maximum absolute atomic E-state index is 5.38. The number of benzene rings is 1. The summed E-state index contributed by atoms with van der Waals surface area (Å²) in [6.45, 7) is 4.13. The molecule has 1 saturated heterocycles. The molecule has 1 nitrogen and oxygen atoms in total. The van der Waals surface area contributed by atoms with E-state index in [9.17, 15) is 0 Å². The maximum atomic E-state index is 5.38. The second-order valence-electron chi connectivity index (χ2n) is 4.43. The van der Waals surface area contributed by atoms with Gasteiger partial charge in [0.05, 0.1) is 0 Å². The van der Waals surface area contributed by atoms with E-state index in [0.29, 0.717) is 0 Å². The molecule has 0 radical (unpaired) electrons. The Hall–Kier alpha value is -0.820. The Kier molecular flexibility index (Phi) is 3.79. The molecule has 0 saturated carbocycles. The fraction of sp³-hybridized carbons (Fsp3) is 0.571.